The Morgan fingerprint density at radius 3 is 2.52 bits per heavy atom. The molecule has 1 atom stereocenters. The molecule has 0 aromatic heterocycles. The molecule has 0 bridgehead atoms. The van der Waals surface area contributed by atoms with E-state index in [-0.39, 0.29) is 24.6 Å². The van der Waals surface area contributed by atoms with E-state index in [1.54, 1.807) is 12.1 Å². The summed E-state index contributed by atoms with van der Waals surface area (Å²) in [6.07, 6.45) is -4.48. The lowest BCUT2D eigenvalue weighted by molar-refractivity contribution is -0.137. The molecule has 2 aromatic rings. The third kappa shape index (κ3) is 4.21. The van der Waals surface area contributed by atoms with Gasteiger partial charge < -0.3 is 5.32 Å². The van der Waals surface area contributed by atoms with Crippen LogP contribution in [0.2, 0.25) is 0 Å². The third-order valence-electron chi connectivity index (χ3n) is 4.42. The fourth-order valence-electron chi connectivity index (χ4n) is 2.96. The van der Waals surface area contributed by atoms with Gasteiger partial charge in [-0.3, -0.25) is 19.6 Å². The molecule has 142 valence electrons. The summed E-state index contributed by atoms with van der Waals surface area (Å²) in [4.78, 5) is 24.7. The van der Waals surface area contributed by atoms with Crippen LogP contribution in [0.3, 0.4) is 0 Å². The van der Waals surface area contributed by atoms with E-state index in [0.717, 1.165) is 17.8 Å². The zero-order chi connectivity index (χ0) is 19.6. The van der Waals surface area contributed by atoms with Crippen molar-refractivity contribution in [2.24, 2.45) is 5.92 Å². The molecule has 27 heavy (non-hydrogen) atoms. The third-order valence-corrected chi connectivity index (χ3v) is 4.42. The van der Waals surface area contributed by atoms with Gasteiger partial charge in [-0.2, -0.15) is 13.2 Å². The van der Waals surface area contributed by atoms with Gasteiger partial charge in [-0.05, 0) is 30.3 Å². The number of carbonyl (C=O) groups is 2. The van der Waals surface area contributed by atoms with E-state index in [4.69, 9.17) is 0 Å². The summed E-state index contributed by atoms with van der Waals surface area (Å²) >= 11 is 0. The highest BCUT2D eigenvalue weighted by molar-refractivity contribution is 5.97. The Bertz CT molecular complexity index is 840. The molecule has 1 heterocycles. The van der Waals surface area contributed by atoms with E-state index >= 15 is 0 Å². The standard InChI is InChI=1S/C19H18F3N3O2/c1-24(16-8-3-2-4-9-16)25-12-13(10-17(25)26)18(27)23-15-7-5-6-14(11-15)19(20,21)22/h2-9,11,13H,10,12H2,1H3,(H,23,27). The molecule has 8 heteroatoms. The molecule has 5 nitrogen and oxygen atoms in total. The predicted octanol–water partition coefficient (Wildman–Crippen LogP) is 3.54. The quantitative estimate of drug-likeness (QED) is 0.887. The van der Waals surface area contributed by atoms with Gasteiger partial charge in [0.25, 0.3) is 0 Å². The Labute approximate surface area is 154 Å². The summed E-state index contributed by atoms with van der Waals surface area (Å²) in [6.45, 7) is 0.162. The van der Waals surface area contributed by atoms with E-state index < -0.39 is 23.6 Å². The number of anilines is 2. The van der Waals surface area contributed by atoms with Crippen LogP contribution in [0.5, 0.6) is 0 Å². The van der Waals surface area contributed by atoms with Crippen LogP contribution in [-0.4, -0.2) is 30.4 Å². The number of rotatable bonds is 4. The molecule has 1 aliphatic rings. The lowest BCUT2D eigenvalue weighted by Crippen LogP contribution is -2.41. The molecule has 0 saturated carbocycles. The van der Waals surface area contributed by atoms with Gasteiger partial charge in [0.15, 0.2) is 0 Å². The van der Waals surface area contributed by atoms with Gasteiger partial charge >= 0.3 is 6.18 Å². The summed E-state index contributed by atoms with van der Waals surface area (Å²) in [6, 6.07) is 13.6. The van der Waals surface area contributed by atoms with Crippen molar-refractivity contribution in [2.75, 3.05) is 23.9 Å². The molecule has 1 saturated heterocycles. The number of amides is 2. The van der Waals surface area contributed by atoms with Crippen LogP contribution in [0, 0.1) is 5.92 Å². The number of para-hydroxylation sites is 1. The molecule has 0 aliphatic carbocycles. The molecule has 1 aliphatic heterocycles. The number of halogens is 3. The number of hydrazine groups is 1. The first kappa shape index (κ1) is 18.8. The summed E-state index contributed by atoms with van der Waals surface area (Å²) in [5.41, 5.74) is 0.00941. The first-order valence-corrected chi connectivity index (χ1v) is 8.33. The zero-order valence-electron chi connectivity index (χ0n) is 14.5. The van der Waals surface area contributed by atoms with E-state index in [1.807, 2.05) is 30.3 Å². The van der Waals surface area contributed by atoms with Gasteiger partial charge in [-0.15, -0.1) is 0 Å². The summed E-state index contributed by atoms with van der Waals surface area (Å²) in [5.74, 6) is -1.34. The van der Waals surface area contributed by atoms with E-state index in [2.05, 4.69) is 5.32 Å². The minimum atomic E-state index is -4.49. The Morgan fingerprint density at radius 1 is 1.15 bits per heavy atom. The molecule has 0 radical (unpaired) electrons. The van der Waals surface area contributed by atoms with Crippen LogP contribution in [0.1, 0.15) is 12.0 Å². The van der Waals surface area contributed by atoms with Crippen molar-refractivity contribution < 1.29 is 22.8 Å². The second kappa shape index (κ2) is 7.30. The molecular formula is C19H18F3N3O2. The normalized spacial score (nSPS) is 17.1. The molecule has 1 fully saturated rings. The predicted molar refractivity (Wildman–Crippen MR) is 94.7 cm³/mol. The smallest absolute Gasteiger partial charge is 0.326 e. The van der Waals surface area contributed by atoms with Crippen molar-refractivity contribution in [3.05, 3.63) is 60.2 Å². The Balaban J connectivity index is 1.68. The minimum absolute atomic E-state index is 0.00195. The molecule has 1 unspecified atom stereocenters. The van der Waals surface area contributed by atoms with Crippen molar-refractivity contribution in [1.29, 1.82) is 0 Å². The number of benzene rings is 2. The van der Waals surface area contributed by atoms with E-state index in [1.165, 1.54) is 17.1 Å². The molecule has 2 amide bonds. The maximum Gasteiger partial charge on any atom is 0.416 e. The number of carbonyl (C=O) groups excluding carboxylic acids is 2. The van der Waals surface area contributed by atoms with Crippen LogP contribution in [-0.2, 0) is 15.8 Å². The number of nitrogens with zero attached hydrogens (tertiary/aromatic N) is 2. The van der Waals surface area contributed by atoms with Crippen LogP contribution < -0.4 is 10.3 Å². The van der Waals surface area contributed by atoms with Gasteiger partial charge in [0.05, 0.1) is 23.7 Å². The van der Waals surface area contributed by atoms with Crippen molar-refractivity contribution in [2.45, 2.75) is 12.6 Å². The van der Waals surface area contributed by atoms with Crippen LogP contribution in [0.15, 0.2) is 54.6 Å². The number of hydrogen-bond donors (Lipinski definition) is 1. The van der Waals surface area contributed by atoms with Gasteiger partial charge in [0.2, 0.25) is 11.8 Å². The zero-order valence-corrected chi connectivity index (χ0v) is 14.5. The topological polar surface area (TPSA) is 52.6 Å². The Morgan fingerprint density at radius 2 is 1.85 bits per heavy atom. The first-order chi connectivity index (χ1) is 12.8. The second-order valence-corrected chi connectivity index (χ2v) is 6.30. The first-order valence-electron chi connectivity index (χ1n) is 8.33. The number of hydrogen-bond acceptors (Lipinski definition) is 3. The molecule has 3 rings (SSSR count). The van der Waals surface area contributed by atoms with Crippen LogP contribution in [0.25, 0.3) is 0 Å². The lowest BCUT2D eigenvalue weighted by Gasteiger charge is -2.30. The number of alkyl halides is 3. The molecule has 0 spiro atoms. The van der Waals surface area contributed by atoms with E-state index in [9.17, 15) is 22.8 Å². The SMILES string of the molecule is CN(c1ccccc1)N1CC(C(=O)Nc2cccc(C(F)(F)F)c2)CC1=O. The number of nitrogens with one attached hydrogen (secondary N) is 1. The van der Waals surface area contributed by atoms with Crippen molar-refractivity contribution >= 4 is 23.2 Å². The van der Waals surface area contributed by atoms with Gasteiger partial charge in [0, 0.05) is 19.2 Å². The van der Waals surface area contributed by atoms with Gasteiger partial charge in [0.1, 0.15) is 0 Å². The van der Waals surface area contributed by atoms with Gasteiger partial charge in [-0.1, -0.05) is 24.3 Å². The average Bonchev–Trinajstić information content (AvgIpc) is 3.03. The highest BCUT2D eigenvalue weighted by Gasteiger charge is 2.37. The van der Waals surface area contributed by atoms with Crippen LogP contribution in [0.4, 0.5) is 24.5 Å². The fraction of sp³-hybridized carbons (Fsp3) is 0.263. The van der Waals surface area contributed by atoms with Gasteiger partial charge in [-0.25, -0.2) is 0 Å². The highest BCUT2D eigenvalue weighted by Crippen LogP contribution is 2.31. The fourth-order valence-corrected chi connectivity index (χ4v) is 2.96. The summed E-state index contributed by atoms with van der Waals surface area (Å²) < 4.78 is 38.4. The highest BCUT2D eigenvalue weighted by atomic mass is 19.4. The summed E-state index contributed by atoms with van der Waals surface area (Å²) in [7, 11) is 1.72. The Kier molecular flexibility index (Phi) is 5.07. The molecule has 1 N–H and O–H groups in total. The molecule has 2 aromatic carbocycles. The monoisotopic (exact) mass is 377 g/mol. The maximum atomic E-state index is 12.8. The average molecular weight is 377 g/mol. The maximum absolute atomic E-state index is 12.8. The van der Waals surface area contributed by atoms with E-state index in [0.29, 0.717) is 0 Å². The minimum Gasteiger partial charge on any atom is -0.326 e. The summed E-state index contributed by atoms with van der Waals surface area (Å²) in [5, 5.41) is 5.61. The Hall–Kier alpha value is -3.03. The second-order valence-electron chi connectivity index (χ2n) is 6.30. The van der Waals surface area contributed by atoms with Crippen LogP contribution >= 0.6 is 0 Å². The van der Waals surface area contributed by atoms with Crippen molar-refractivity contribution in [3.8, 4) is 0 Å². The van der Waals surface area contributed by atoms with Crippen molar-refractivity contribution in [3.63, 3.8) is 0 Å². The largest absolute Gasteiger partial charge is 0.416 e. The lowest BCUT2D eigenvalue weighted by atomic mass is 10.1. The molecular weight excluding hydrogens is 359 g/mol. The van der Waals surface area contributed by atoms with Crippen molar-refractivity contribution in [1.82, 2.24) is 5.01 Å².